The lowest BCUT2D eigenvalue weighted by molar-refractivity contribution is -0.124. The maximum absolute atomic E-state index is 13.0. The molecule has 0 spiro atoms. The summed E-state index contributed by atoms with van der Waals surface area (Å²) in [6.07, 6.45) is 7.20. The molecule has 4 nitrogen and oxygen atoms in total. The molecule has 4 heteroatoms. The molecule has 2 fully saturated rings. The highest BCUT2D eigenvalue weighted by Crippen LogP contribution is 2.51. The second-order valence-electron chi connectivity index (χ2n) is 6.67. The monoisotopic (exact) mass is 311 g/mol. The van der Waals surface area contributed by atoms with E-state index < -0.39 is 0 Å². The van der Waals surface area contributed by atoms with Crippen LogP contribution in [0.5, 0.6) is 5.75 Å². The van der Waals surface area contributed by atoms with Crippen LogP contribution in [0.3, 0.4) is 0 Å². The minimum atomic E-state index is -0.175. The molecule has 1 saturated carbocycles. The third-order valence-corrected chi connectivity index (χ3v) is 5.33. The van der Waals surface area contributed by atoms with Crippen molar-refractivity contribution in [3.05, 3.63) is 36.4 Å². The van der Waals surface area contributed by atoms with Gasteiger partial charge in [-0.3, -0.25) is 9.59 Å². The van der Waals surface area contributed by atoms with E-state index in [1.807, 2.05) is 31.2 Å². The van der Waals surface area contributed by atoms with Gasteiger partial charge in [0.25, 0.3) is 0 Å². The Hall–Kier alpha value is -2.10. The summed E-state index contributed by atoms with van der Waals surface area (Å²) in [5, 5.41) is 0. The summed E-state index contributed by atoms with van der Waals surface area (Å²) in [4.78, 5) is 27.4. The number of imide groups is 1. The number of carbonyl (C=O) groups excluding carboxylic acids is 2. The fourth-order valence-corrected chi connectivity index (χ4v) is 4.29. The van der Waals surface area contributed by atoms with Gasteiger partial charge in [-0.15, -0.1) is 0 Å². The maximum Gasteiger partial charge on any atom is 0.238 e. The molecule has 1 aliphatic heterocycles. The number of nitrogens with zero attached hydrogens (tertiary/aromatic N) is 1. The first-order valence-corrected chi connectivity index (χ1v) is 8.50. The van der Waals surface area contributed by atoms with Gasteiger partial charge in [0.15, 0.2) is 0 Å². The Labute approximate surface area is 136 Å². The van der Waals surface area contributed by atoms with Gasteiger partial charge in [-0.1, -0.05) is 31.2 Å². The van der Waals surface area contributed by atoms with E-state index in [0.29, 0.717) is 18.0 Å². The molecular weight excluding hydrogens is 290 g/mol. The van der Waals surface area contributed by atoms with E-state index in [1.54, 1.807) is 0 Å². The summed E-state index contributed by atoms with van der Waals surface area (Å²) >= 11 is 0. The Morgan fingerprint density at radius 1 is 1.04 bits per heavy atom. The summed E-state index contributed by atoms with van der Waals surface area (Å²) in [6, 6.07) is 7.37. The third kappa shape index (κ3) is 2.12. The average molecular weight is 311 g/mol. The van der Waals surface area contributed by atoms with Crippen LogP contribution in [0, 0.1) is 23.7 Å². The van der Waals surface area contributed by atoms with Gasteiger partial charge in [-0.25, -0.2) is 4.90 Å². The number of hydrogen-bond acceptors (Lipinski definition) is 3. The zero-order valence-corrected chi connectivity index (χ0v) is 13.3. The van der Waals surface area contributed by atoms with Gasteiger partial charge in [-0.2, -0.15) is 0 Å². The molecule has 1 saturated heterocycles. The molecule has 1 heterocycles. The quantitative estimate of drug-likeness (QED) is 0.634. The second kappa shape index (κ2) is 5.52. The minimum Gasteiger partial charge on any atom is -0.491 e. The number of fused-ring (bicyclic) bond motifs is 1. The van der Waals surface area contributed by atoms with Crippen LogP contribution >= 0.6 is 0 Å². The van der Waals surface area contributed by atoms with E-state index in [-0.39, 0.29) is 35.5 Å². The standard InChI is InChI=1S/C19H21NO3/c1-2-11-23-15-6-4-3-5-14(15)20-18(21)16-12-7-8-13(10-9-12)17(16)19(20)22/h3-8,12-13,16-17H,2,9-11H2,1H3/t12-,13-,16+,17+/m1/s1. The van der Waals surface area contributed by atoms with E-state index in [0.717, 1.165) is 19.3 Å². The van der Waals surface area contributed by atoms with Gasteiger partial charge in [0.2, 0.25) is 11.8 Å². The second-order valence-corrected chi connectivity index (χ2v) is 6.67. The molecule has 4 atom stereocenters. The van der Waals surface area contributed by atoms with Gasteiger partial charge < -0.3 is 4.74 Å². The number of para-hydroxylation sites is 2. The Morgan fingerprint density at radius 3 is 2.22 bits per heavy atom. The lowest BCUT2D eigenvalue weighted by atomic mass is 9.63. The van der Waals surface area contributed by atoms with Gasteiger partial charge in [0.1, 0.15) is 5.75 Å². The molecule has 0 N–H and O–H groups in total. The number of anilines is 1. The Balaban J connectivity index is 1.71. The number of benzene rings is 1. The van der Waals surface area contributed by atoms with Crippen molar-refractivity contribution in [1.29, 1.82) is 0 Å². The summed E-state index contributed by atoms with van der Waals surface area (Å²) in [7, 11) is 0. The summed E-state index contributed by atoms with van der Waals surface area (Å²) < 4.78 is 5.76. The zero-order valence-electron chi connectivity index (χ0n) is 13.3. The average Bonchev–Trinajstić information content (AvgIpc) is 2.88. The first-order valence-electron chi connectivity index (χ1n) is 8.50. The van der Waals surface area contributed by atoms with E-state index in [1.165, 1.54) is 4.90 Å². The van der Waals surface area contributed by atoms with Crippen molar-refractivity contribution >= 4 is 17.5 Å². The smallest absolute Gasteiger partial charge is 0.238 e. The topological polar surface area (TPSA) is 46.6 Å². The number of rotatable bonds is 4. The van der Waals surface area contributed by atoms with E-state index in [4.69, 9.17) is 4.74 Å². The van der Waals surface area contributed by atoms with Crippen LogP contribution in [0.25, 0.3) is 0 Å². The van der Waals surface area contributed by atoms with Gasteiger partial charge in [0.05, 0.1) is 24.1 Å². The van der Waals surface area contributed by atoms with Crippen LogP contribution in [0.15, 0.2) is 36.4 Å². The minimum absolute atomic E-state index is 0.0494. The number of hydrogen-bond donors (Lipinski definition) is 0. The molecule has 23 heavy (non-hydrogen) atoms. The predicted molar refractivity (Wildman–Crippen MR) is 87.1 cm³/mol. The Kier molecular flexibility index (Phi) is 3.47. The Morgan fingerprint density at radius 2 is 1.65 bits per heavy atom. The first-order chi connectivity index (χ1) is 11.2. The van der Waals surface area contributed by atoms with Crippen molar-refractivity contribution in [2.45, 2.75) is 26.2 Å². The Bertz CT molecular complexity index is 649. The van der Waals surface area contributed by atoms with Crippen molar-refractivity contribution in [3.8, 4) is 5.75 Å². The summed E-state index contributed by atoms with van der Waals surface area (Å²) in [5.41, 5.74) is 0.602. The lowest BCUT2D eigenvalue weighted by Gasteiger charge is -2.38. The molecule has 2 amide bonds. The summed E-state index contributed by atoms with van der Waals surface area (Å²) in [5.74, 6) is 0.606. The SMILES string of the molecule is CCCOc1ccccc1N1C(=O)[C@@H]2[C@@H](C1=O)[C@@H]1C=C[C@@H]2CC1. The highest BCUT2D eigenvalue weighted by atomic mass is 16.5. The van der Waals surface area contributed by atoms with Crippen LogP contribution in [0.2, 0.25) is 0 Å². The normalized spacial score (nSPS) is 31.6. The van der Waals surface area contributed by atoms with Gasteiger partial charge >= 0.3 is 0 Å². The van der Waals surface area contributed by atoms with Crippen LogP contribution in [0.4, 0.5) is 5.69 Å². The van der Waals surface area contributed by atoms with Crippen LogP contribution in [0.1, 0.15) is 26.2 Å². The van der Waals surface area contributed by atoms with E-state index >= 15 is 0 Å². The first kappa shape index (κ1) is 14.5. The zero-order chi connectivity index (χ0) is 16.0. The highest BCUT2D eigenvalue weighted by Gasteiger charge is 2.57. The number of allylic oxidation sites excluding steroid dienone is 2. The molecule has 0 unspecified atom stereocenters. The van der Waals surface area contributed by atoms with Crippen LogP contribution in [-0.2, 0) is 9.59 Å². The van der Waals surface area contributed by atoms with Crippen molar-refractivity contribution in [2.75, 3.05) is 11.5 Å². The van der Waals surface area contributed by atoms with Gasteiger partial charge in [0, 0.05) is 0 Å². The molecule has 0 radical (unpaired) electrons. The predicted octanol–water partition coefficient (Wildman–Crippen LogP) is 3.18. The van der Waals surface area contributed by atoms with Crippen molar-refractivity contribution in [2.24, 2.45) is 23.7 Å². The van der Waals surface area contributed by atoms with Crippen molar-refractivity contribution < 1.29 is 14.3 Å². The molecule has 5 rings (SSSR count). The molecule has 2 bridgehead atoms. The van der Waals surface area contributed by atoms with Gasteiger partial charge in [-0.05, 0) is 43.2 Å². The van der Waals surface area contributed by atoms with Crippen molar-refractivity contribution in [3.63, 3.8) is 0 Å². The number of ether oxygens (including phenoxy) is 1. The third-order valence-electron chi connectivity index (χ3n) is 5.33. The molecule has 1 aromatic carbocycles. The largest absolute Gasteiger partial charge is 0.491 e. The summed E-state index contributed by atoms with van der Waals surface area (Å²) in [6.45, 7) is 2.61. The number of amides is 2. The van der Waals surface area contributed by atoms with E-state index in [9.17, 15) is 9.59 Å². The molecule has 4 aliphatic rings. The van der Waals surface area contributed by atoms with Crippen LogP contribution < -0.4 is 9.64 Å². The fourth-order valence-electron chi connectivity index (χ4n) is 4.29. The van der Waals surface area contributed by atoms with Crippen LogP contribution in [-0.4, -0.2) is 18.4 Å². The highest BCUT2D eigenvalue weighted by molar-refractivity contribution is 6.23. The van der Waals surface area contributed by atoms with Crippen molar-refractivity contribution in [1.82, 2.24) is 0 Å². The molecule has 3 aliphatic carbocycles. The molecular formula is C19H21NO3. The maximum atomic E-state index is 13.0. The molecule has 0 aromatic heterocycles. The number of carbonyl (C=O) groups is 2. The molecule has 120 valence electrons. The lowest BCUT2D eigenvalue weighted by Crippen LogP contribution is -2.38. The fraction of sp³-hybridized carbons (Fsp3) is 0.474. The molecule has 1 aromatic rings. The van der Waals surface area contributed by atoms with E-state index in [2.05, 4.69) is 12.2 Å².